The molecule has 1 aromatic rings. The van der Waals surface area contributed by atoms with Gasteiger partial charge < -0.3 is 5.32 Å². The van der Waals surface area contributed by atoms with Gasteiger partial charge in [-0.15, -0.1) is 0 Å². The van der Waals surface area contributed by atoms with Gasteiger partial charge in [-0.25, -0.2) is 0 Å². The summed E-state index contributed by atoms with van der Waals surface area (Å²) in [6, 6.07) is 9.81. The average Bonchev–Trinajstić information content (AvgIpc) is 2.89. The van der Waals surface area contributed by atoms with Gasteiger partial charge in [0, 0.05) is 6.04 Å². The van der Waals surface area contributed by atoms with Gasteiger partial charge in [0.25, 0.3) is 0 Å². The number of thioether (sulfide) groups is 1. The highest BCUT2D eigenvalue weighted by atomic mass is 32.2. The standard InChI is InChI=1S/C17H27NS/c1-5-18-16(14-10-11-19-12-14)13-6-8-15(9-7-13)17(2,3)4/h6-9,14,16,18H,5,10-12H2,1-4H3. The van der Waals surface area contributed by atoms with Crippen LogP contribution in [0.25, 0.3) is 0 Å². The highest BCUT2D eigenvalue weighted by Crippen LogP contribution is 2.34. The van der Waals surface area contributed by atoms with Gasteiger partial charge in [0.15, 0.2) is 0 Å². The molecule has 2 atom stereocenters. The van der Waals surface area contributed by atoms with Crippen LogP contribution in [0.5, 0.6) is 0 Å². The maximum Gasteiger partial charge on any atom is 0.0356 e. The van der Waals surface area contributed by atoms with Crippen LogP contribution in [0.3, 0.4) is 0 Å². The van der Waals surface area contributed by atoms with Crippen molar-refractivity contribution in [3.05, 3.63) is 35.4 Å². The van der Waals surface area contributed by atoms with Gasteiger partial charge in [-0.2, -0.15) is 11.8 Å². The third-order valence-electron chi connectivity index (χ3n) is 4.00. The lowest BCUT2D eigenvalue weighted by molar-refractivity contribution is 0.401. The van der Waals surface area contributed by atoms with Gasteiger partial charge in [-0.05, 0) is 46.9 Å². The number of benzene rings is 1. The summed E-state index contributed by atoms with van der Waals surface area (Å²) in [6.07, 6.45) is 1.35. The molecule has 19 heavy (non-hydrogen) atoms. The molecule has 2 heteroatoms. The molecule has 0 bridgehead atoms. The molecule has 106 valence electrons. The van der Waals surface area contributed by atoms with Crippen LogP contribution >= 0.6 is 11.8 Å². The van der Waals surface area contributed by atoms with E-state index in [4.69, 9.17) is 0 Å². The van der Waals surface area contributed by atoms with Gasteiger partial charge in [0.1, 0.15) is 0 Å². The second-order valence-corrected chi connectivity index (χ2v) is 7.68. The second kappa shape index (κ2) is 6.32. The Morgan fingerprint density at radius 3 is 2.42 bits per heavy atom. The first kappa shape index (κ1) is 14.9. The van der Waals surface area contributed by atoms with Crippen molar-refractivity contribution in [1.29, 1.82) is 0 Å². The number of rotatable bonds is 4. The Morgan fingerprint density at radius 2 is 1.95 bits per heavy atom. The number of hydrogen-bond donors (Lipinski definition) is 1. The maximum atomic E-state index is 3.69. The molecule has 0 amide bonds. The summed E-state index contributed by atoms with van der Waals surface area (Å²) >= 11 is 2.10. The van der Waals surface area contributed by atoms with Gasteiger partial charge in [-0.3, -0.25) is 0 Å². The fourth-order valence-corrected chi connectivity index (χ4v) is 4.08. The Morgan fingerprint density at radius 1 is 1.26 bits per heavy atom. The van der Waals surface area contributed by atoms with Gasteiger partial charge >= 0.3 is 0 Å². The summed E-state index contributed by atoms with van der Waals surface area (Å²) in [7, 11) is 0. The van der Waals surface area contributed by atoms with Gasteiger partial charge in [-0.1, -0.05) is 52.0 Å². The summed E-state index contributed by atoms with van der Waals surface area (Å²) in [4.78, 5) is 0. The molecule has 2 rings (SSSR count). The molecule has 1 aliphatic rings. The SMILES string of the molecule is CCNC(c1ccc(C(C)(C)C)cc1)C1CCSC1. The lowest BCUT2D eigenvalue weighted by Crippen LogP contribution is -2.28. The monoisotopic (exact) mass is 277 g/mol. The van der Waals surface area contributed by atoms with Crippen molar-refractivity contribution in [3.63, 3.8) is 0 Å². The normalized spacial score (nSPS) is 21.6. The zero-order chi connectivity index (χ0) is 13.9. The van der Waals surface area contributed by atoms with Crippen molar-refractivity contribution in [1.82, 2.24) is 5.32 Å². The van der Waals surface area contributed by atoms with E-state index in [2.05, 4.69) is 69.0 Å². The molecular weight excluding hydrogens is 250 g/mol. The first-order chi connectivity index (χ1) is 9.02. The molecule has 0 saturated carbocycles. The Hall–Kier alpha value is -0.470. The molecule has 1 aromatic carbocycles. The molecule has 0 radical (unpaired) electrons. The van der Waals surface area contributed by atoms with Crippen molar-refractivity contribution >= 4 is 11.8 Å². The average molecular weight is 277 g/mol. The molecule has 1 fully saturated rings. The predicted molar refractivity (Wildman–Crippen MR) is 87.0 cm³/mol. The summed E-state index contributed by atoms with van der Waals surface area (Å²) in [5.74, 6) is 3.43. The minimum absolute atomic E-state index is 0.245. The van der Waals surface area contributed by atoms with Crippen LogP contribution in [-0.4, -0.2) is 18.1 Å². The van der Waals surface area contributed by atoms with E-state index < -0.39 is 0 Å². The smallest absolute Gasteiger partial charge is 0.0356 e. The Balaban J connectivity index is 2.17. The third kappa shape index (κ3) is 3.76. The van der Waals surface area contributed by atoms with E-state index in [0.717, 1.165) is 12.5 Å². The fourth-order valence-electron chi connectivity index (χ4n) is 2.78. The van der Waals surface area contributed by atoms with Crippen molar-refractivity contribution in [2.45, 2.75) is 45.6 Å². The highest BCUT2D eigenvalue weighted by Gasteiger charge is 2.26. The Labute approximate surface area is 122 Å². The van der Waals surface area contributed by atoms with Crippen molar-refractivity contribution < 1.29 is 0 Å². The molecule has 2 unspecified atom stereocenters. The molecule has 0 spiro atoms. The van der Waals surface area contributed by atoms with E-state index in [1.165, 1.54) is 29.1 Å². The highest BCUT2D eigenvalue weighted by molar-refractivity contribution is 7.99. The molecule has 1 N–H and O–H groups in total. The summed E-state index contributed by atoms with van der Waals surface area (Å²) in [6.45, 7) is 10.1. The zero-order valence-corrected chi connectivity index (χ0v) is 13.5. The second-order valence-electron chi connectivity index (χ2n) is 6.53. The Bertz CT molecular complexity index is 385. The van der Waals surface area contributed by atoms with Gasteiger partial charge in [0.2, 0.25) is 0 Å². The molecule has 1 saturated heterocycles. The summed E-state index contributed by atoms with van der Waals surface area (Å²) in [5.41, 5.74) is 3.13. The zero-order valence-electron chi connectivity index (χ0n) is 12.7. The van der Waals surface area contributed by atoms with Crippen molar-refractivity contribution in [2.75, 3.05) is 18.1 Å². The summed E-state index contributed by atoms with van der Waals surface area (Å²) in [5, 5.41) is 3.69. The first-order valence-corrected chi connectivity index (χ1v) is 8.59. The largest absolute Gasteiger partial charge is 0.310 e. The maximum absolute atomic E-state index is 3.69. The Kier molecular flexibility index (Phi) is 4.97. The molecule has 1 nitrogen and oxygen atoms in total. The first-order valence-electron chi connectivity index (χ1n) is 7.44. The van der Waals surface area contributed by atoms with E-state index >= 15 is 0 Å². The lowest BCUT2D eigenvalue weighted by Gasteiger charge is -2.26. The lowest BCUT2D eigenvalue weighted by atomic mass is 9.85. The van der Waals surface area contributed by atoms with E-state index in [0.29, 0.717) is 6.04 Å². The number of nitrogens with one attached hydrogen (secondary N) is 1. The van der Waals surface area contributed by atoms with Crippen molar-refractivity contribution in [3.8, 4) is 0 Å². The van der Waals surface area contributed by atoms with E-state index in [9.17, 15) is 0 Å². The van der Waals surface area contributed by atoms with Crippen LogP contribution in [0.15, 0.2) is 24.3 Å². The number of hydrogen-bond acceptors (Lipinski definition) is 2. The predicted octanol–water partition coefficient (Wildman–Crippen LogP) is 4.39. The minimum atomic E-state index is 0.245. The molecule has 1 aliphatic heterocycles. The van der Waals surface area contributed by atoms with Crippen LogP contribution in [-0.2, 0) is 5.41 Å². The molecule has 1 heterocycles. The topological polar surface area (TPSA) is 12.0 Å². The molecule has 0 aliphatic carbocycles. The quantitative estimate of drug-likeness (QED) is 0.876. The fraction of sp³-hybridized carbons (Fsp3) is 0.647. The van der Waals surface area contributed by atoms with Crippen molar-refractivity contribution in [2.24, 2.45) is 5.92 Å². The van der Waals surface area contributed by atoms with Crippen LogP contribution in [0.4, 0.5) is 0 Å². The van der Waals surface area contributed by atoms with E-state index in [1.807, 2.05) is 0 Å². The van der Waals surface area contributed by atoms with E-state index in [1.54, 1.807) is 0 Å². The van der Waals surface area contributed by atoms with E-state index in [-0.39, 0.29) is 5.41 Å². The molecular formula is C17H27NS. The van der Waals surface area contributed by atoms with Crippen LogP contribution < -0.4 is 5.32 Å². The van der Waals surface area contributed by atoms with Crippen LogP contribution in [0.2, 0.25) is 0 Å². The van der Waals surface area contributed by atoms with Crippen LogP contribution in [0.1, 0.15) is 51.3 Å². The molecule has 0 aromatic heterocycles. The summed E-state index contributed by atoms with van der Waals surface area (Å²) < 4.78 is 0. The minimum Gasteiger partial charge on any atom is -0.310 e. The third-order valence-corrected chi connectivity index (χ3v) is 5.18. The van der Waals surface area contributed by atoms with Crippen LogP contribution in [0, 0.1) is 5.92 Å². The van der Waals surface area contributed by atoms with Gasteiger partial charge in [0.05, 0.1) is 0 Å².